The number of methoxy groups -OCH3 is 1. The Morgan fingerprint density at radius 3 is 2.42 bits per heavy atom. The summed E-state index contributed by atoms with van der Waals surface area (Å²) in [5, 5.41) is 10.6. The zero-order valence-electron chi connectivity index (χ0n) is 15.7. The number of aliphatic hydroxyl groups is 1. The van der Waals surface area contributed by atoms with Gasteiger partial charge in [-0.1, -0.05) is 19.8 Å². The van der Waals surface area contributed by atoms with Crippen molar-refractivity contribution in [2.75, 3.05) is 7.11 Å². The maximum absolute atomic E-state index is 10.6. The van der Waals surface area contributed by atoms with E-state index >= 15 is 0 Å². The summed E-state index contributed by atoms with van der Waals surface area (Å²) in [6.07, 6.45) is 16.7. The molecular formula is C22H34O2. The first-order chi connectivity index (χ1) is 11.4. The molecule has 1 N–H and O–H groups in total. The SMILES string of the molecule is C#C[C@@]1(O)CC[C@@]2(C)[C@@H](CC[C@@H]3[C@@H]2CC[C@]2(C)[C@@H](OC)CC[C@@H]32)C1. The van der Waals surface area contributed by atoms with Gasteiger partial charge in [0.05, 0.1) is 6.10 Å². The van der Waals surface area contributed by atoms with Gasteiger partial charge >= 0.3 is 0 Å². The molecule has 4 aliphatic rings. The zero-order chi connectivity index (χ0) is 17.2. The lowest BCUT2D eigenvalue weighted by molar-refractivity contribution is -0.146. The molecule has 4 aliphatic carbocycles. The third kappa shape index (κ3) is 2.17. The molecule has 4 fully saturated rings. The molecule has 0 amide bonds. The molecule has 8 atom stereocenters. The van der Waals surface area contributed by atoms with Crippen molar-refractivity contribution < 1.29 is 9.84 Å². The van der Waals surface area contributed by atoms with Crippen molar-refractivity contribution in [3.05, 3.63) is 0 Å². The molecule has 0 unspecified atom stereocenters. The Labute approximate surface area is 147 Å². The molecule has 2 heteroatoms. The van der Waals surface area contributed by atoms with Gasteiger partial charge in [-0.05, 0) is 92.3 Å². The Bertz CT molecular complexity index is 551. The first kappa shape index (κ1) is 16.9. The van der Waals surface area contributed by atoms with Gasteiger partial charge in [-0.25, -0.2) is 0 Å². The molecule has 2 nitrogen and oxygen atoms in total. The molecule has 0 aromatic rings. The minimum Gasteiger partial charge on any atom is -0.381 e. The van der Waals surface area contributed by atoms with E-state index in [1.165, 1.54) is 38.5 Å². The third-order valence-electron chi connectivity index (χ3n) is 9.19. The smallest absolute Gasteiger partial charge is 0.125 e. The lowest BCUT2D eigenvalue weighted by Gasteiger charge is -2.61. The highest BCUT2D eigenvalue weighted by Gasteiger charge is 2.61. The van der Waals surface area contributed by atoms with Gasteiger partial charge in [-0.3, -0.25) is 0 Å². The standard InChI is InChI=1S/C22H34O2/c1-5-22(23)13-12-20(2)15(14-22)6-7-16-17-8-9-19(24-4)21(17,3)11-10-18(16)20/h1,15-19,23H,6-14H2,2-4H3/t15-,16-,17-,18-,19-,20-,21-,22+/m0/s1. The maximum Gasteiger partial charge on any atom is 0.125 e. The molecule has 0 heterocycles. The van der Waals surface area contributed by atoms with Crippen molar-refractivity contribution in [2.24, 2.45) is 34.5 Å². The Hall–Kier alpha value is -0.520. The van der Waals surface area contributed by atoms with Crippen molar-refractivity contribution in [1.29, 1.82) is 0 Å². The number of rotatable bonds is 1. The van der Waals surface area contributed by atoms with Crippen molar-refractivity contribution in [2.45, 2.75) is 83.3 Å². The van der Waals surface area contributed by atoms with Gasteiger partial charge in [0.15, 0.2) is 0 Å². The van der Waals surface area contributed by atoms with E-state index in [2.05, 4.69) is 19.8 Å². The lowest BCUT2D eigenvalue weighted by atomic mass is 9.44. The fraction of sp³-hybridized carbons (Fsp3) is 0.909. The largest absolute Gasteiger partial charge is 0.381 e. The summed E-state index contributed by atoms with van der Waals surface area (Å²) in [7, 11) is 1.91. The molecule has 134 valence electrons. The van der Waals surface area contributed by atoms with Crippen molar-refractivity contribution in [1.82, 2.24) is 0 Å². The van der Waals surface area contributed by atoms with Gasteiger partial charge in [-0.15, -0.1) is 6.42 Å². The Morgan fingerprint density at radius 2 is 1.71 bits per heavy atom. The predicted octanol–water partition coefficient (Wildman–Crippen LogP) is 4.41. The topological polar surface area (TPSA) is 29.5 Å². The molecule has 4 rings (SSSR count). The van der Waals surface area contributed by atoms with Crippen LogP contribution in [-0.2, 0) is 4.74 Å². The number of hydrogen-bond donors (Lipinski definition) is 1. The van der Waals surface area contributed by atoms with Gasteiger partial charge in [0.1, 0.15) is 5.60 Å². The van der Waals surface area contributed by atoms with Crippen LogP contribution in [0.5, 0.6) is 0 Å². The third-order valence-corrected chi connectivity index (χ3v) is 9.19. The molecule has 0 aromatic carbocycles. The van der Waals surface area contributed by atoms with Crippen molar-refractivity contribution >= 4 is 0 Å². The van der Waals surface area contributed by atoms with Crippen LogP contribution in [-0.4, -0.2) is 23.9 Å². The fourth-order valence-corrected chi connectivity index (χ4v) is 7.72. The molecule has 0 bridgehead atoms. The van der Waals surface area contributed by atoms with Crippen LogP contribution < -0.4 is 0 Å². The van der Waals surface area contributed by atoms with Crippen LogP contribution in [0.25, 0.3) is 0 Å². The van der Waals surface area contributed by atoms with Gasteiger partial charge in [0, 0.05) is 7.11 Å². The zero-order valence-corrected chi connectivity index (χ0v) is 15.7. The van der Waals surface area contributed by atoms with Crippen LogP contribution in [0.4, 0.5) is 0 Å². The molecule has 0 aliphatic heterocycles. The van der Waals surface area contributed by atoms with E-state index in [1.54, 1.807) is 0 Å². The average molecular weight is 331 g/mol. The fourth-order valence-electron chi connectivity index (χ4n) is 7.72. The van der Waals surface area contributed by atoms with E-state index in [0.717, 1.165) is 37.0 Å². The van der Waals surface area contributed by atoms with Crippen LogP contribution in [0.1, 0.15) is 71.6 Å². The number of hydrogen-bond acceptors (Lipinski definition) is 2. The van der Waals surface area contributed by atoms with Crippen molar-refractivity contribution in [3.63, 3.8) is 0 Å². The molecule has 24 heavy (non-hydrogen) atoms. The van der Waals surface area contributed by atoms with Crippen LogP contribution in [0, 0.1) is 46.8 Å². The van der Waals surface area contributed by atoms with E-state index in [9.17, 15) is 5.11 Å². The Kier molecular flexibility index (Phi) is 3.87. The Balaban J connectivity index is 1.60. The van der Waals surface area contributed by atoms with Gasteiger partial charge < -0.3 is 9.84 Å². The van der Waals surface area contributed by atoms with E-state index < -0.39 is 5.60 Å². The first-order valence-electron chi connectivity index (χ1n) is 10.1. The van der Waals surface area contributed by atoms with Crippen LogP contribution in [0.3, 0.4) is 0 Å². The monoisotopic (exact) mass is 330 g/mol. The second-order valence-electron chi connectivity index (χ2n) is 9.88. The van der Waals surface area contributed by atoms with Crippen LogP contribution in [0.2, 0.25) is 0 Å². The predicted molar refractivity (Wildman–Crippen MR) is 96.3 cm³/mol. The van der Waals surface area contributed by atoms with E-state index in [0.29, 0.717) is 22.9 Å². The molecule has 0 radical (unpaired) electrons. The quantitative estimate of drug-likeness (QED) is 0.722. The number of ether oxygens (including phenoxy) is 1. The summed E-state index contributed by atoms with van der Waals surface area (Å²) in [5.41, 5.74) is -0.0550. The van der Waals surface area contributed by atoms with Crippen LogP contribution in [0.15, 0.2) is 0 Å². The molecule has 0 spiro atoms. The maximum atomic E-state index is 10.6. The van der Waals surface area contributed by atoms with Crippen LogP contribution >= 0.6 is 0 Å². The number of fused-ring (bicyclic) bond motifs is 5. The Morgan fingerprint density at radius 1 is 0.958 bits per heavy atom. The minimum absolute atomic E-state index is 0.387. The molecule has 0 saturated heterocycles. The van der Waals surface area contributed by atoms with Gasteiger partial charge in [0.25, 0.3) is 0 Å². The van der Waals surface area contributed by atoms with E-state index in [1.807, 2.05) is 7.11 Å². The summed E-state index contributed by atoms with van der Waals surface area (Å²) in [6, 6.07) is 0. The number of terminal acetylenes is 1. The van der Waals surface area contributed by atoms with Crippen molar-refractivity contribution in [3.8, 4) is 12.3 Å². The minimum atomic E-state index is -0.839. The summed E-state index contributed by atoms with van der Waals surface area (Å²) < 4.78 is 5.88. The summed E-state index contributed by atoms with van der Waals surface area (Å²) in [4.78, 5) is 0. The lowest BCUT2D eigenvalue weighted by Crippen LogP contribution is -2.56. The highest BCUT2D eigenvalue weighted by atomic mass is 16.5. The second kappa shape index (κ2) is 5.49. The summed E-state index contributed by atoms with van der Waals surface area (Å²) >= 11 is 0. The second-order valence-corrected chi connectivity index (χ2v) is 9.88. The summed E-state index contributed by atoms with van der Waals surface area (Å²) in [6.45, 7) is 5.03. The van der Waals surface area contributed by atoms with Gasteiger partial charge in [-0.2, -0.15) is 0 Å². The highest BCUT2D eigenvalue weighted by molar-refractivity contribution is 5.16. The molecule has 4 saturated carbocycles. The van der Waals surface area contributed by atoms with E-state index in [4.69, 9.17) is 11.2 Å². The summed E-state index contributed by atoms with van der Waals surface area (Å²) in [5.74, 6) is 5.84. The molecular weight excluding hydrogens is 296 g/mol. The van der Waals surface area contributed by atoms with Gasteiger partial charge in [0.2, 0.25) is 0 Å². The average Bonchev–Trinajstić information content (AvgIpc) is 2.92. The normalized spacial score (nSPS) is 56.7. The molecule has 0 aromatic heterocycles. The highest BCUT2D eigenvalue weighted by Crippen LogP contribution is 2.67. The van der Waals surface area contributed by atoms with E-state index in [-0.39, 0.29) is 0 Å². The first-order valence-corrected chi connectivity index (χ1v) is 10.1.